The van der Waals surface area contributed by atoms with Gasteiger partial charge in [0, 0.05) is 43.7 Å². The molecule has 1 unspecified atom stereocenters. The average Bonchev–Trinajstić information content (AvgIpc) is 2.79. The number of amides is 1. The second-order valence-corrected chi connectivity index (χ2v) is 6.27. The van der Waals surface area contributed by atoms with Crippen LogP contribution in [0.25, 0.3) is 0 Å². The molecule has 1 saturated heterocycles. The molecule has 130 valence electrons. The summed E-state index contributed by atoms with van der Waals surface area (Å²) in [6, 6.07) is 15.1. The molecule has 1 aliphatic heterocycles. The van der Waals surface area contributed by atoms with Gasteiger partial charge in [-0.1, -0.05) is 42.5 Å². The third kappa shape index (κ3) is 3.85. The Morgan fingerprint density at radius 2 is 1.96 bits per heavy atom. The Labute approximate surface area is 146 Å². The van der Waals surface area contributed by atoms with Gasteiger partial charge in [0.05, 0.1) is 4.92 Å². The topological polar surface area (TPSA) is 75.5 Å². The standard InChI is InChI=1S/C19H21N3O3/c1-14-16(8-5-9-17(14)22(24)25)13-21-11-10-20-19(23)12-18(21)15-6-3-2-4-7-15/h2-9,18H,10-13H2,1H3,(H,20,23). The van der Waals surface area contributed by atoms with E-state index in [2.05, 4.69) is 10.2 Å². The first kappa shape index (κ1) is 17.1. The fourth-order valence-corrected chi connectivity index (χ4v) is 3.32. The molecule has 0 saturated carbocycles. The highest BCUT2D eigenvalue weighted by atomic mass is 16.6. The van der Waals surface area contributed by atoms with Gasteiger partial charge in [-0.25, -0.2) is 0 Å². The van der Waals surface area contributed by atoms with Crippen LogP contribution in [0.15, 0.2) is 48.5 Å². The molecule has 1 N–H and O–H groups in total. The molecule has 6 heteroatoms. The lowest BCUT2D eigenvalue weighted by Gasteiger charge is -2.29. The lowest BCUT2D eigenvalue weighted by molar-refractivity contribution is -0.385. The summed E-state index contributed by atoms with van der Waals surface area (Å²) in [5.41, 5.74) is 2.83. The number of nitrogens with zero attached hydrogens (tertiary/aromatic N) is 2. The number of hydrogen-bond donors (Lipinski definition) is 1. The van der Waals surface area contributed by atoms with Gasteiger partial charge >= 0.3 is 0 Å². The van der Waals surface area contributed by atoms with Gasteiger partial charge in [-0.05, 0) is 18.1 Å². The van der Waals surface area contributed by atoms with E-state index in [0.717, 1.165) is 11.1 Å². The molecular weight excluding hydrogens is 318 g/mol. The number of benzene rings is 2. The predicted octanol–water partition coefficient (Wildman–Crippen LogP) is 2.97. The summed E-state index contributed by atoms with van der Waals surface area (Å²) in [5, 5.41) is 14.1. The smallest absolute Gasteiger partial charge is 0.272 e. The van der Waals surface area contributed by atoms with Crippen molar-refractivity contribution in [3.05, 3.63) is 75.3 Å². The van der Waals surface area contributed by atoms with Crippen LogP contribution < -0.4 is 5.32 Å². The molecule has 3 rings (SSSR count). The van der Waals surface area contributed by atoms with Gasteiger partial charge in [-0.15, -0.1) is 0 Å². The van der Waals surface area contributed by atoms with E-state index in [0.29, 0.717) is 31.6 Å². The maximum atomic E-state index is 12.0. The van der Waals surface area contributed by atoms with E-state index < -0.39 is 0 Å². The van der Waals surface area contributed by atoms with Crippen molar-refractivity contribution in [3.8, 4) is 0 Å². The normalized spacial score (nSPS) is 18.4. The molecule has 2 aromatic carbocycles. The number of nitrogens with one attached hydrogen (secondary N) is 1. The number of carbonyl (C=O) groups is 1. The molecule has 6 nitrogen and oxygen atoms in total. The van der Waals surface area contributed by atoms with Crippen molar-refractivity contribution in [2.45, 2.75) is 25.9 Å². The first-order valence-electron chi connectivity index (χ1n) is 8.35. The Hall–Kier alpha value is -2.73. The lowest BCUT2D eigenvalue weighted by atomic mass is 10.00. The van der Waals surface area contributed by atoms with E-state index in [4.69, 9.17) is 0 Å². The van der Waals surface area contributed by atoms with E-state index in [1.54, 1.807) is 13.0 Å². The Bertz CT molecular complexity index is 777. The number of carbonyl (C=O) groups excluding carboxylic acids is 1. The largest absolute Gasteiger partial charge is 0.355 e. The lowest BCUT2D eigenvalue weighted by Crippen LogP contribution is -2.30. The Balaban J connectivity index is 1.92. The summed E-state index contributed by atoms with van der Waals surface area (Å²) in [6.45, 7) is 3.64. The molecule has 1 atom stereocenters. The van der Waals surface area contributed by atoms with E-state index in [-0.39, 0.29) is 22.6 Å². The van der Waals surface area contributed by atoms with Gasteiger partial charge in [0.2, 0.25) is 5.91 Å². The van der Waals surface area contributed by atoms with Gasteiger partial charge in [0.25, 0.3) is 5.69 Å². The van der Waals surface area contributed by atoms with Gasteiger partial charge < -0.3 is 5.32 Å². The summed E-state index contributed by atoms with van der Waals surface area (Å²) < 4.78 is 0. The highest BCUT2D eigenvalue weighted by molar-refractivity contribution is 5.77. The van der Waals surface area contributed by atoms with E-state index >= 15 is 0 Å². The van der Waals surface area contributed by atoms with Crippen molar-refractivity contribution in [3.63, 3.8) is 0 Å². The van der Waals surface area contributed by atoms with Crippen molar-refractivity contribution in [2.75, 3.05) is 13.1 Å². The molecule has 25 heavy (non-hydrogen) atoms. The quantitative estimate of drug-likeness (QED) is 0.686. The molecule has 0 radical (unpaired) electrons. The van der Waals surface area contributed by atoms with Crippen LogP contribution in [0.2, 0.25) is 0 Å². The number of nitro benzene ring substituents is 1. The minimum atomic E-state index is -0.346. The van der Waals surface area contributed by atoms with Gasteiger partial charge in [0.1, 0.15) is 0 Å². The summed E-state index contributed by atoms with van der Waals surface area (Å²) in [7, 11) is 0. The molecular formula is C19H21N3O3. The second kappa shape index (κ2) is 7.44. The van der Waals surface area contributed by atoms with Crippen molar-refractivity contribution in [2.24, 2.45) is 0 Å². The summed E-state index contributed by atoms with van der Waals surface area (Å²) in [4.78, 5) is 25.1. The zero-order valence-electron chi connectivity index (χ0n) is 14.1. The van der Waals surface area contributed by atoms with Gasteiger partial charge in [0.15, 0.2) is 0 Å². The van der Waals surface area contributed by atoms with Crippen LogP contribution in [0.5, 0.6) is 0 Å². The molecule has 0 aliphatic carbocycles. The highest BCUT2D eigenvalue weighted by Gasteiger charge is 2.27. The van der Waals surface area contributed by atoms with E-state index in [9.17, 15) is 14.9 Å². The van der Waals surface area contributed by atoms with Crippen LogP contribution >= 0.6 is 0 Å². The first-order chi connectivity index (χ1) is 12.1. The van der Waals surface area contributed by atoms with Gasteiger partial charge in [-0.2, -0.15) is 0 Å². The molecule has 1 fully saturated rings. The fraction of sp³-hybridized carbons (Fsp3) is 0.316. The van der Waals surface area contributed by atoms with Crippen LogP contribution in [0.1, 0.15) is 29.2 Å². The monoisotopic (exact) mass is 339 g/mol. The Morgan fingerprint density at radius 3 is 2.68 bits per heavy atom. The second-order valence-electron chi connectivity index (χ2n) is 6.27. The summed E-state index contributed by atoms with van der Waals surface area (Å²) >= 11 is 0. The van der Waals surface area contributed by atoms with Crippen LogP contribution in [0.4, 0.5) is 5.69 Å². The zero-order chi connectivity index (χ0) is 17.8. The van der Waals surface area contributed by atoms with Crippen LogP contribution in [0.3, 0.4) is 0 Å². The van der Waals surface area contributed by atoms with Crippen LogP contribution in [-0.4, -0.2) is 28.8 Å². The maximum Gasteiger partial charge on any atom is 0.272 e. The molecule has 1 heterocycles. The minimum Gasteiger partial charge on any atom is -0.355 e. The van der Waals surface area contributed by atoms with Crippen molar-refractivity contribution in [1.29, 1.82) is 0 Å². The number of rotatable bonds is 4. The van der Waals surface area contributed by atoms with Crippen molar-refractivity contribution in [1.82, 2.24) is 10.2 Å². The summed E-state index contributed by atoms with van der Waals surface area (Å²) in [5.74, 6) is 0.0344. The fourth-order valence-electron chi connectivity index (χ4n) is 3.32. The maximum absolute atomic E-state index is 12.0. The SMILES string of the molecule is Cc1c(CN2CCNC(=O)CC2c2ccccc2)cccc1[N+](=O)[O-]. The zero-order valence-corrected chi connectivity index (χ0v) is 14.1. The number of hydrogen-bond acceptors (Lipinski definition) is 4. The van der Waals surface area contributed by atoms with Crippen LogP contribution in [-0.2, 0) is 11.3 Å². The van der Waals surface area contributed by atoms with Gasteiger partial charge in [-0.3, -0.25) is 19.8 Å². The molecule has 0 spiro atoms. The minimum absolute atomic E-state index is 0.0344. The van der Waals surface area contributed by atoms with Crippen LogP contribution in [0, 0.1) is 17.0 Å². The van der Waals surface area contributed by atoms with E-state index in [1.165, 1.54) is 6.07 Å². The Morgan fingerprint density at radius 1 is 1.20 bits per heavy atom. The predicted molar refractivity (Wildman–Crippen MR) is 95.1 cm³/mol. The Kier molecular flexibility index (Phi) is 5.09. The first-order valence-corrected chi connectivity index (χ1v) is 8.35. The molecule has 2 aromatic rings. The highest BCUT2D eigenvalue weighted by Crippen LogP contribution is 2.29. The third-order valence-corrected chi connectivity index (χ3v) is 4.71. The van der Waals surface area contributed by atoms with Crippen molar-refractivity contribution < 1.29 is 9.72 Å². The molecule has 1 amide bonds. The molecule has 0 bridgehead atoms. The average molecular weight is 339 g/mol. The molecule has 1 aliphatic rings. The van der Waals surface area contributed by atoms with Crippen molar-refractivity contribution >= 4 is 11.6 Å². The van der Waals surface area contributed by atoms with E-state index in [1.807, 2.05) is 36.4 Å². The third-order valence-electron chi connectivity index (χ3n) is 4.71. The molecule has 0 aromatic heterocycles. The summed E-state index contributed by atoms with van der Waals surface area (Å²) in [6.07, 6.45) is 0.387. The number of nitro groups is 1.